The Morgan fingerprint density at radius 3 is 2.78 bits per heavy atom. The number of hydrogen-bond donors (Lipinski definition) is 1. The lowest BCUT2D eigenvalue weighted by atomic mass is 10.0. The Labute approximate surface area is 160 Å². The summed E-state index contributed by atoms with van der Waals surface area (Å²) in [7, 11) is 2.02. The summed E-state index contributed by atoms with van der Waals surface area (Å²) in [6, 6.07) is 13.1. The molecule has 1 saturated heterocycles. The topological polar surface area (TPSA) is 52.7 Å². The van der Waals surface area contributed by atoms with Crippen molar-refractivity contribution in [3.05, 3.63) is 59.2 Å². The summed E-state index contributed by atoms with van der Waals surface area (Å²) >= 11 is 0. The van der Waals surface area contributed by atoms with Gasteiger partial charge in [0.05, 0.1) is 11.3 Å². The van der Waals surface area contributed by atoms with Gasteiger partial charge in [0.2, 0.25) is 0 Å². The number of hydrogen-bond acceptors (Lipinski definition) is 3. The monoisotopic (exact) mass is 363 g/mol. The van der Waals surface area contributed by atoms with Crippen molar-refractivity contribution in [3.8, 4) is 0 Å². The Morgan fingerprint density at radius 2 is 1.96 bits per heavy atom. The number of benzene rings is 2. The number of carbonyl (C=O) groups excluding carboxylic acids is 2. The third-order valence-electron chi connectivity index (χ3n) is 5.58. The lowest BCUT2D eigenvalue weighted by Crippen LogP contribution is -2.53. The molecule has 140 valence electrons. The van der Waals surface area contributed by atoms with Gasteiger partial charge < -0.3 is 15.1 Å². The fourth-order valence-electron chi connectivity index (χ4n) is 4.12. The van der Waals surface area contributed by atoms with Crippen LogP contribution >= 0.6 is 0 Å². The molecule has 0 radical (unpaired) electrons. The van der Waals surface area contributed by atoms with Crippen molar-refractivity contribution < 1.29 is 9.59 Å². The lowest BCUT2D eigenvalue weighted by Gasteiger charge is -2.43. The number of aryl methyl sites for hydroxylation is 1. The molecule has 0 spiro atoms. The normalized spacial score (nSPS) is 19.2. The average molecular weight is 363 g/mol. The minimum absolute atomic E-state index is 0.0839. The average Bonchev–Trinajstić information content (AvgIpc) is 2.92. The number of nitrogens with one attached hydrogen (secondary N) is 1. The highest BCUT2D eigenvalue weighted by atomic mass is 16.2. The van der Waals surface area contributed by atoms with Crippen LogP contribution in [0, 0.1) is 6.92 Å². The minimum Gasteiger partial charge on any atom is -0.354 e. The van der Waals surface area contributed by atoms with Crippen LogP contribution in [0.1, 0.15) is 52.0 Å². The first kappa shape index (κ1) is 17.6. The summed E-state index contributed by atoms with van der Waals surface area (Å²) in [5, 5.41) is 2.95. The first-order chi connectivity index (χ1) is 13.0. The van der Waals surface area contributed by atoms with E-state index in [1.165, 1.54) is 0 Å². The van der Waals surface area contributed by atoms with Gasteiger partial charge in [-0.3, -0.25) is 9.59 Å². The molecule has 2 aromatic carbocycles. The van der Waals surface area contributed by atoms with E-state index in [4.69, 9.17) is 0 Å². The third-order valence-corrected chi connectivity index (χ3v) is 5.58. The highest BCUT2D eigenvalue weighted by molar-refractivity contribution is 6.08. The first-order valence-corrected chi connectivity index (χ1v) is 9.60. The van der Waals surface area contributed by atoms with E-state index in [0.29, 0.717) is 11.1 Å². The van der Waals surface area contributed by atoms with Crippen LogP contribution in [0.4, 0.5) is 11.4 Å². The van der Waals surface area contributed by atoms with Gasteiger partial charge in [-0.05, 0) is 62.1 Å². The molecule has 0 saturated carbocycles. The Morgan fingerprint density at radius 1 is 1.11 bits per heavy atom. The van der Waals surface area contributed by atoms with E-state index in [9.17, 15) is 9.59 Å². The van der Waals surface area contributed by atoms with Crippen molar-refractivity contribution in [1.82, 2.24) is 4.90 Å². The predicted octanol–water partition coefficient (Wildman–Crippen LogP) is 4.04. The molecule has 1 atom stereocenters. The second-order valence-electron chi connectivity index (χ2n) is 7.49. The summed E-state index contributed by atoms with van der Waals surface area (Å²) in [6.07, 6.45) is 4.41. The highest BCUT2D eigenvalue weighted by Crippen LogP contribution is 2.34. The summed E-state index contributed by atoms with van der Waals surface area (Å²) < 4.78 is 0. The molecule has 0 aliphatic carbocycles. The fourth-order valence-corrected chi connectivity index (χ4v) is 4.12. The molecule has 0 bridgehead atoms. The molecule has 2 aliphatic heterocycles. The molecule has 2 aromatic rings. The maximum absolute atomic E-state index is 13.0. The van der Waals surface area contributed by atoms with Crippen molar-refractivity contribution in [2.24, 2.45) is 0 Å². The number of nitrogens with zero attached hydrogens (tertiary/aromatic N) is 2. The van der Waals surface area contributed by atoms with Gasteiger partial charge in [0.25, 0.3) is 11.8 Å². The van der Waals surface area contributed by atoms with Gasteiger partial charge in [0.1, 0.15) is 6.17 Å². The first-order valence-electron chi connectivity index (χ1n) is 9.60. The largest absolute Gasteiger partial charge is 0.354 e. The van der Waals surface area contributed by atoms with E-state index in [0.717, 1.165) is 49.2 Å². The van der Waals surface area contributed by atoms with Crippen LogP contribution in [0.15, 0.2) is 42.5 Å². The molecule has 2 heterocycles. The van der Waals surface area contributed by atoms with Gasteiger partial charge in [0, 0.05) is 24.8 Å². The number of amides is 2. The van der Waals surface area contributed by atoms with Gasteiger partial charge >= 0.3 is 0 Å². The van der Waals surface area contributed by atoms with E-state index in [-0.39, 0.29) is 18.0 Å². The summed E-state index contributed by atoms with van der Waals surface area (Å²) in [6.45, 7) is 2.80. The molecule has 0 aromatic heterocycles. The lowest BCUT2D eigenvalue weighted by molar-refractivity contribution is 0.0661. The molecule has 27 heavy (non-hydrogen) atoms. The van der Waals surface area contributed by atoms with Crippen molar-refractivity contribution >= 4 is 23.2 Å². The number of anilines is 2. The van der Waals surface area contributed by atoms with E-state index >= 15 is 0 Å². The standard InChI is InChI=1S/C22H25N3O2/c1-15-7-6-8-17(13-15)23-21(26)16-10-11-18-19(14-16)24(2)20-9-4-3-5-12-25(20)22(18)27/h6-8,10-11,13-14,20H,3-5,9,12H2,1-2H3,(H,23,26)/t20-/m1/s1. The van der Waals surface area contributed by atoms with Gasteiger partial charge in [-0.1, -0.05) is 18.6 Å². The molecule has 1 fully saturated rings. The van der Waals surface area contributed by atoms with Crippen LogP contribution in [0.3, 0.4) is 0 Å². The van der Waals surface area contributed by atoms with Crippen molar-refractivity contribution in [3.63, 3.8) is 0 Å². The quantitative estimate of drug-likeness (QED) is 0.876. The molecular formula is C22H25N3O2. The van der Waals surface area contributed by atoms with E-state index in [2.05, 4.69) is 10.2 Å². The second kappa shape index (κ2) is 7.06. The van der Waals surface area contributed by atoms with Crippen LogP contribution in [0.2, 0.25) is 0 Å². The number of rotatable bonds is 2. The van der Waals surface area contributed by atoms with E-state index < -0.39 is 0 Å². The molecule has 5 nitrogen and oxygen atoms in total. The molecule has 2 amide bonds. The zero-order valence-electron chi connectivity index (χ0n) is 15.9. The SMILES string of the molecule is Cc1cccc(NC(=O)c2ccc3c(c2)N(C)[C@H]2CCCCCN2C3=O)c1. The van der Waals surface area contributed by atoms with Gasteiger partial charge in [-0.15, -0.1) is 0 Å². The third kappa shape index (κ3) is 3.29. The molecule has 5 heteroatoms. The van der Waals surface area contributed by atoms with E-state index in [1.807, 2.05) is 49.2 Å². The van der Waals surface area contributed by atoms with Crippen molar-refractivity contribution in [1.29, 1.82) is 0 Å². The fraction of sp³-hybridized carbons (Fsp3) is 0.364. The second-order valence-corrected chi connectivity index (χ2v) is 7.49. The summed E-state index contributed by atoms with van der Waals surface area (Å²) in [5.41, 5.74) is 3.97. The molecule has 2 aliphatic rings. The van der Waals surface area contributed by atoms with Crippen LogP contribution in [-0.2, 0) is 0 Å². The zero-order valence-corrected chi connectivity index (χ0v) is 15.9. The summed E-state index contributed by atoms with van der Waals surface area (Å²) in [4.78, 5) is 29.8. The molecule has 4 rings (SSSR count). The molecule has 0 unspecified atom stereocenters. The van der Waals surface area contributed by atoms with E-state index in [1.54, 1.807) is 12.1 Å². The van der Waals surface area contributed by atoms with Gasteiger partial charge in [0.15, 0.2) is 0 Å². The van der Waals surface area contributed by atoms with Crippen molar-refractivity contribution in [2.75, 3.05) is 23.8 Å². The van der Waals surface area contributed by atoms with Crippen LogP contribution in [0.25, 0.3) is 0 Å². The summed E-state index contributed by atoms with van der Waals surface area (Å²) in [5.74, 6) is -0.0758. The highest BCUT2D eigenvalue weighted by Gasteiger charge is 2.36. The Kier molecular flexibility index (Phi) is 4.60. The smallest absolute Gasteiger partial charge is 0.257 e. The maximum atomic E-state index is 13.0. The number of fused-ring (bicyclic) bond motifs is 2. The van der Waals surface area contributed by atoms with Crippen molar-refractivity contribution in [2.45, 2.75) is 38.8 Å². The zero-order chi connectivity index (χ0) is 19.0. The Bertz CT molecular complexity index is 893. The Balaban J connectivity index is 1.63. The number of carbonyl (C=O) groups is 2. The Hall–Kier alpha value is -2.82. The van der Waals surface area contributed by atoms with Gasteiger partial charge in [-0.25, -0.2) is 0 Å². The predicted molar refractivity (Wildman–Crippen MR) is 107 cm³/mol. The van der Waals surface area contributed by atoms with Crippen LogP contribution < -0.4 is 10.2 Å². The maximum Gasteiger partial charge on any atom is 0.257 e. The minimum atomic E-state index is -0.160. The van der Waals surface area contributed by atoms with Gasteiger partial charge in [-0.2, -0.15) is 0 Å². The molecule has 1 N–H and O–H groups in total. The van der Waals surface area contributed by atoms with Crippen LogP contribution in [-0.4, -0.2) is 36.5 Å². The molecular weight excluding hydrogens is 338 g/mol. The van der Waals surface area contributed by atoms with Crippen LogP contribution in [0.5, 0.6) is 0 Å².